The van der Waals surface area contributed by atoms with Gasteiger partial charge in [-0.25, -0.2) is 5.14 Å². The van der Waals surface area contributed by atoms with Gasteiger partial charge < -0.3 is 0 Å². The summed E-state index contributed by atoms with van der Waals surface area (Å²) in [6.45, 7) is 5.91. The Morgan fingerprint density at radius 2 is 1.75 bits per heavy atom. The van der Waals surface area contributed by atoms with E-state index in [-0.39, 0.29) is 6.04 Å². The molecule has 0 saturated carbocycles. The average molecular weight is 194 g/mol. The molecule has 0 spiro atoms. The molecule has 0 radical (unpaired) electrons. The van der Waals surface area contributed by atoms with E-state index in [0.29, 0.717) is 5.92 Å². The molecular weight excluding hydrogens is 176 g/mol. The van der Waals surface area contributed by atoms with E-state index in [1.165, 1.54) is 0 Å². The van der Waals surface area contributed by atoms with Gasteiger partial charge in [0.05, 0.1) is 0 Å². The van der Waals surface area contributed by atoms with Crippen LogP contribution in [0.15, 0.2) is 0 Å². The van der Waals surface area contributed by atoms with E-state index in [2.05, 4.69) is 4.72 Å². The zero-order valence-corrected chi connectivity index (χ0v) is 8.69. The topological polar surface area (TPSA) is 72.2 Å². The Labute approximate surface area is 74.7 Å². The van der Waals surface area contributed by atoms with Crippen molar-refractivity contribution in [1.82, 2.24) is 4.72 Å². The minimum Gasteiger partial charge on any atom is -0.216 e. The van der Waals surface area contributed by atoms with Crippen LogP contribution in [-0.2, 0) is 10.2 Å². The fourth-order valence-corrected chi connectivity index (χ4v) is 2.06. The van der Waals surface area contributed by atoms with Gasteiger partial charge in [0.15, 0.2) is 0 Å². The predicted molar refractivity (Wildman–Crippen MR) is 49.8 cm³/mol. The Bertz CT molecular complexity index is 209. The van der Waals surface area contributed by atoms with Crippen LogP contribution in [0.2, 0.25) is 0 Å². The molecule has 0 heterocycles. The molecule has 0 aromatic rings. The van der Waals surface area contributed by atoms with Crippen LogP contribution in [0.1, 0.15) is 33.6 Å². The molecule has 1 unspecified atom stereocenters. The lowest BCUT2D eigenvalue weighted by Gasteiger charge is -2.20. The van der Waals surface area contributed by atoms with Gasteiger partial charge in [-0.1, -0.05) is 26.7 Å². The second-order valence-electron chi connectivity index (χ2n) is 3.03. The maximum atomic E-state index is 10.6. The highest BCUT2D eigenvalue weighted by Gasteiger charge is 2.16. The molecule has 0 fully saturated rings. The maximum Gasteiger partial charge on any atom is 0.274 e. The van der Waals surface area contributed by atoms with Gasteiger partial charge in [-0.05, 0) is 12.8 Å². The molecule has 0 aromatic heterocycles. The van der Waals surface area contributed by atoms with Crippen LogP contribution in [0, 0.1) is 5.92 Å². The molecular formula is C7H18N2O2S. The van der Waals surface area contributed by atoms with Gasteiger partial charge >= 0.3 is 0 Å². The summed E-state index contributed by atoms with van der Waals surface area (Å²) in [6, 6.07) is -0.0741. The van der Waals surface area contributed by atoms with E-state index < -0.39 is 10.2 Å². The van der Waals surface area contributed by atoms with Crippen molar-refractivity contribution in [2.45, 2.75) is 39.7 Å². The smallest absolute Gasteiger partial charge is 0.216 e. The number of hydrogen-bond donors (Lipinski definition) is 2. The van der Waals surface area contributed by atoms with Crippen molar-refractivity contribution < 1.29 is 8.42 Å². The summed E-state index contributed by atoms with van der Waals surface area (Å²) >= 11 is 0. The Hall–Kier alpha value is -0.130. The average Bonchev–Trinajstić information content (AvgIpc) is 1.85. The molecule has 5 heteroatoms. The predicted octanol–water partition coefficient (Wildman–Crippen LogP) is 0.604. The van der Waals surface area contributed by atoms with E-state index in [1.54, 1.807) is 0 Å². The molecule has 0 saturated heterocycles. The van der Waals surface area contributed by atoms with E-state index >= 15 is 0 Å². The fraction of sp³-hybridized carbons (Fsp3) is 1.00. The van der Waals surface area contributed by atoms with E-state index in [4.69, 9.17) is 5.14 Å². The van der Waals surface area contributed by atoms with Crippen molar-refractivity contribution in [2.24, 2.45) is 11.1 Å². The normalized spacial score (nSPS) is 15.1. The molecule has 4 nitrogen and oxygen atoms in total. The Balaban J connectivity index is 4.10. The summed E-state index contributed by atoms with van der Waals surface area (Å²) < 4.78 is 23.7. The van der Waals surface area contributed by atoms with Crippen LogP contribution in [0.25, 0.3) is 0 Å². The van der Waals surface area contributed by atoms with Crippen molar-refractivity contribution in [1.29, 1.82) is 0 Å². The van der Waals surface area contributed by atoms with Crippen LogP contribution in [0.5, 0.6) is 0 Å². The van der Waals surface area contributed by atoms with Gasteiger partial charge in [-0.15, -0.1) is 0 Å². The molecule has 0 aliphatic heterocycles. The molecule has 0 aliphatic carbocycles. The van der Waals surface area contributed by atoms with Crippen molar-refractivity contribution in [3.63, 3.8) is 0 Å². The summed E-state index contributed by atoms with van der Waals surface area (Å²) in [4.78, 5) is 0. The highest BCUT2D eigenvalue weighted by atomic mass is 32.2. The first-order valence-corrected chi connectivity index (χ1v) is 5.75. The third-order valence-corrected chi connectivity index (χ3v) is 2.81. The van der Waals surface area contributed by atoms with Crippen molar-refractivity contribution >= 4 is 10.2 Å². The first kappa shape index (κ1) is 11.9. The summed E-state index contributed by atoms with van der Waals surface area (Å²) in [5.41, 5.74) is 0. The first-order chi connectivity index (χ1) is 5.40. The van der Waals surface area contributed by atoms with Crippen LogP contribution in [0.3, 0.4) is 0 Å². The second-order valence-corrected chi connectivity index (χ2v) is 4.35. The largest absolute Gasteiger partial charge is 0.274 e. The van der Waals surface area contributed by atoms with E-state index in [9.17, 15) is 8.42 Å². The van der Waals surface area contributed by atoms with E-state index in [0.717, 1.165) is 12.8 Å². The van der Waals surface area contributed by atoms with Gasteiger partial charge in [0.1, 0.15) is 0 Å². The molecule has 0 rings (SSSR count). The number of rotatable bonds is 5. The summed E-state index contributed by atoms with van der Waals surface area (Å²) in [7, 11) is -3.54. The molecule has 0 aromatic carbocycles. The Kier molecular flexibility index (Phi) is 4.74. The highest BCUT2D eigenvalue weighted by Crippen LogP contribution is 2.12. The molecule has 12 heavy (non-hydrogen) atoms. The molecule has 74 valence electrons. The monoisotopic (exact) mass is 194 g/mol. The minimum atomic E-state index is -3.54. The van der Waals surface area contributed by atoms with Gasteiger partial charge in [-0.2, -0.15) is 13.1 Å². The van der Waals surface area contributed by atoms with Gasteiger partial charge in [-0.3, -0.25) is 0 Å². The lowest BCUT2D eigenvalue weighted by atomic mass is 9.96. The molecule has 0 bridgehead atoms. The number of nitrogens with one attached hydrogen (secondary N) is 1. The van der Waals surface area contributed by atoms with Gasteiger partial charge in [0.25, 0.3) is 10.2 Å². The summed E-state index contributed by atoms with van der Waals surface area (Å²) in [5, 5.41) is 4.84. The Morgan fingerprint density at radius 1 is 1.33 bits per heavy atom. The third kappa shape index (κ3) is 4.69. The standard InChI is InChI=1S/C7H18N2O2S/c1-4-7(5-2)6(3)9-12(8,10)11/h6-7,9H,4-5H2,1-3H3,(H2,8,10,11). The third-order valence-electron chi connectivity index (χ3n) is 2.11. The zero-order chi connectivity index (χ0) is 9.78. The van der Waals surface area contributed by atoms with Crippen molar-refractivity contribution in [2.75, 3.05) is 0 Å². The second kappa shape index (κ2) is 4.79. The fourth-order valence-electron chi connectivity index (χ4n) is 1.35. The molecule has 0 aliphatic rings. The van der Waals surface area contributed by atoms with E-state index in [1.807, 2.05) is 20.8 Å². The summed E-state index contributed by atoms with van der Waals surface area (Å²) in [5.74, 6) is 0.364. The molecule has 0 amide bonds. The zero-order valence-electron chi connectivity index (χ0n) is 7.87. The highest BCUT2D eigenvalue weighted by molar-refractivity contribution is 7.87. The van der Waals surface area contributed by atoms with Gasteiger partial charge in [0, 0.05) is 6.04 Å². The quantitative estimate of drug-likeness (QED) is 0.673. The molecule has 3 N–H and O–H groups in total. The SMILES string of the molecule is CCC(CC)C(C)NS(N)(=O)=O. The summed E-state index contributed by atoms with van der Waals surface area (Å²) in [6.07, 6.45) is 1.92. The lowest BCUT2D eigenvalue weighted by molar-refractivity contribution is 0.391. The number of nitrogens with two attached hydrogens (primary N) is 1. The lowest BCUT2D eigenvalue weighted by Crippen LogP contribution is -2.41. The molecule has 1 atom stereocenters. The Morgan fingerprint density at radius 3 is 2.00 bits per heavy atom. The van der Waals surface area contributed by atoms with Gasteiger partial charge in [0.2, 0.25) is 0 Å². The van der Waals surface area contributed by atoms with Crippen molar-refractivity contribution in [3.8, 4) is 0 Å². The maximum absolute atomic E-state index is 10.6. The minimum absolute atomic E-state index is 0.0741. The van der Waals surface area contributed by atoms with Crippen molar-refractivity contribution in [3.05, 3.63) is 0 Å². The first-order valence-electron chi connectivity index (χ1n) is 4.20. The number of hydrogen-bond acceptors (Lipinski definition) is 2. The van der Waals surface area contributed by atoms with Crippen LogP contribution in [0.4, 0.5) is 0 Å². The van der Waals surface area contributed by atoms with Crippen LogP contribution >= 0.6 is 0 Å². The van der Waals surface area contributed by atoms with Crippen LogP contribution in [-0.4, -0.2) is 14.5 Å². The van der Waals surface area contributed by atoms with Crippen LogP contribution < -0.4 is 9.86 Å².